The molecule has 1 fully saturated rings. The second kappa shape index (κ2) is 7.86. The highest BCUT2D eigenvalue weighted by Crippen LogP contribution is 2.30. The van der Waals surface area contributed by atoms with Gasteiger partial charge in [-0.05, 0) is 29.2 Å². The maximum Gasteiger partial charge on any atom is 0.275 e. The van der Waals surface area contributed by atoms with Gasteiger partial charge in [0.1, 0.15) is 11.4 Å². The van der Waals surface area contributed by atoms with Crippen molar-refractivity contribution in [3.63, 3.8) is 0 Å². The Morgan fingerprint density at radius 1 is 1.23 bits per heavy atom. The van der Waals surface area contributed by atoms with Crippen LogP contribution in [-0.4, -0.2) is 37.7 Å². The zero-order chi connectivity index (χ0) is 21.4. The molecule has 1 aliphatic heterocycles. The average molecular weight is 417 g/mol. The molecule has 1 saturated heterocycles. The second-order valence-corrected chi connectivity index (χ2v) is 8.17. The van der Waals surface area contributed by atoms with Crippen LogP contribution in [0.25, 0.3) is 23.0 Å². The van der Waals surface area contributed by atoms with E-state index in [0.29, 0.717) is 54.3 Å². The van der Waals surface area contributed by atoms with Crippen LogP contribution in [0.5, 0.6) is 0 Å². The number of hydrogen-bond acceptors (Lipinski definition) is 6. The van der Waals surface area contributed by atoms with Crippen molar-refractivity contribution >= 4 is 5.91 Å². The van der Waals surface area contributed by atoms with Gasteiger partial charge in [-0.3, -0.25) is 9.89 Å². The van der Waals surface area contributed by atoms with Crippen molar-refractivity contribution in [3.05, 3.63) is 65.7 Å². The van der Waals surface area contributed by atoms with Gasteiger partial charge in [-0.15, -0.1) is 0 Å². The van der Waals surface area contributed by atoms with Gasteiger partial charge < -0.3 is 13.8 Å². The minimum Gasteiger partial charge on any atom is -0.463 e. The predicted molar refractivity (Wildman–Crippen MR) is 113 cm³/mol. The summed E-state index contributed by atoms with van der Waals surface area (Å²) in [5.41, 5.74) is 3.68. The molecule has 0 radical (unpaired) electrons. The van der Waals surface area contributed by atoms with E-state index < -0.39 is 0 Å². The largest absolute Gasteiger partial charge is 0.463 e. The molecule has 0 bridgehead atoms. The molecule has 4 aromatic rings. The van der Waals surface area contributed by atoms with E-state index >= 15 is 0 Å². The molecular formula is C23H23N5O3. The van der Waals surface area contributed by atoms with Gasteiger partial charge in [-0.1, -0.05) is 43.3 Å². The fourth-order valence-corrected chi connectivity index (χ4v) is 3.82. The highest BCUT2D eigenvalue weighted by molar-refractivity contribution is 5.79. The van der Waals surface area contributed by atoms with Gasteiger partial charge in [0.05, 0.1) is 6.26 Å². The van der Waals surface area contributed by atoms with Crippen molar-refractivity contribution in [3.8, 4) is 23.0 Å². The third-order valence-corrected chi connectivity index (χ3v) is 5.62. The summed E-state index contributed by atoms with van der Waals surface area (Å²) in [7, 11) is 0. The van der Waals surface area contributed by atoms with Crippen LogP contribution in [0.4, 0.5) is 0 Å². The number of benzene rings is 1. The van der Waals surface area contributed by atoms with E-state index in [9.17, 15) is 4.79 Å². The van der Waals surface area contributed by atoms with Gasteiger partial charge in [-0.25, -0.2) is 0 Å². The lowest BCUT2D eigenvalue weighted by Gasteiger charge is -2.16. The SMILES string of the molecule is CC(C)c1ccc(CN2CC(c3noc(-c4cc(-c5ccco5)n[nH]4)n3)CC2=O)cc1. The molecule has 1 N–H and O–H groups in total. The number of likely N-dealkylation sites (tertiary alicyclic amines) is 1. The summed E-state index contributed by atoms with van der Waals surface area (Å²) >= 11 is 0. The lowest BCUT2D eigenvalue weighted by Crippen LogP contribution is -2.24. The second-order valence-electron chi connectivity index (χ2n) is 8.17. The Kier molecular flexibility index (Phi) is 4.89. The Hall–Kier alpha value is -3.68. The summed E-state index contributed by atoms with van der Waals surface area (Å²) in [5.74, 6) is 2.04. The molecule has 1 amide bonds. The van der Waals surface area contributed by atoms with E-state index in [2.05, 4.69) is 58.5 Å². The summed E-state index contributed by atoms with van der Waals surface area (Å²) in [6.07, 6.45) is 1.97. The van der Waals surface area contributed by atoms with Gasteiger partial charge in [0.2, 0.25) is 5.91 Å². The number of H-pyrrole nitrogens is 1. The lowest BCUT2D eigenvalue weighted by atomic mass is 10.0. The molecule has 1 atom stereocenters. The Morgan fingerprint density at radius 3 is 2.81 bits per heavy atom. The number of aromatic amines is 1. The third kappa shape index (κ3) is 3.88. The van der Waals surface area contributed by atoms with E-state index in [0.717, 1.165) is 5.56 Å². The van der Waals surface area contributed by atoms with E-state index in [1.165, 1.54) is 5.56 Å². The summed E-state index contributed by atoms with van der Waals surface area (Å²) in [4.78, 5) is 18.9. The number of carbonyl (C=O) groups excluding carboxylic acids is 1. The first kappa shape index (κ1) is 19.3. The molecule has 1 unspecified atom stereocenters. The maximum absolute atomic E-state index is 12.6. The van der Waals surface area contributed by atoms with Crippen LogP contribution < -0.4 is 0 Å². The quantitative estimate of drug-likeness (QED) is 0.500. The van der Waals surface area contributed by atoms with Crippen LogP contribution in [0.1, 0.15) is 49.1 Å². The van der Waals surface area contributed by atoms with E-state index in [-0.39, 0.29) is 11.8 Å². The Labute approximate surface area is 179 Å². The minimum atomic E-state index is -0.0904. The number of nitrogens with zero attached hydrogens (tertiary/aromatic N) is 4. The molecule has 4 heterocycles. The summed E-state index contributed by atoms with van der Waals surface area (Å²) < 4.78 is 10.8. The highest BCUT2D eigenvalue weighted by Gasteiger charge is 2.34. The molecule has 1 aliphatic rings. The van der Waals surface area contributed by atoms with Gasteiger partial charge in [0, 0.05) is 31.5 Å². The lowest BCUT2D eigenvalue weighted by molar-refractivity contribution is -0.128. The first-order valence-corrected chi connectivity index (χ1v) is 10.4. The van der Waals surface area contributed by atoms with Crippen molar-refractivity contribution in [2.24, 2.45) is 0 Å². The number of aromatic nitrogens is 4. The van der Waals surface area contributed by atoms with Crippen LogP contribution in [-0.2, 0) is 11.3 Å². The molecule has 8 nitrogen and oxygen atoms in total. The molecule has 0 aliphatic carbocycles. The van der Waals surface area contributed by atoms with Crippen LogP contribution >= 0.6 is 0 Å². The van der Waals surface area contributed by atoms with Crippen LogP contribution in [0.3, 0.4) is 0 Å². The number of rotatable bonds is 6. The zero-order valence-electron chi connectivity index (χ0n) is 17.4. The standard InChI is InChI=1S/C23H23N5O3/c1-14(2)16-7-5-15(6-8-16)12-28-13-17(10-21(28)29)22-24-23(31-27-22)19-11-18(25-26-19)20-4-3-9-30-20/h3-9,11,14,17H,10,12-13H2,1-2H3,(H,25,26). The van der Waals surface area contributed by atoms with Crippen molar-refractivity contribution in [1.82, 2.24) is 25.2 Å². The molecule has 158 valence electrons. The molecular weight excluding hydrogens is 394 g/mol. The monoisotopic (exact) mass is 417 g/mol. The van der Waals surface area contributed by atoms with E-state index in [1.54, 1.807) is 18.4 Å². The molecule has 3 aromatic heterocycles. The number of carbonyl (C=O) groups is 1. The maximum atomic E-state index is 12.6. The number of nitrogens with one attached hydrogen (secondary N) is 1. The fourth-order valence-electron chi connectivity index (χ4n) is 3.82. The molecule has 5 rings (SSSR count). The minimum absolute atomic E-state index is 0.0904. The topological polar surface area (TPSA) is 101 Å². The van der Waals surface area contributed by atoms with Gasteiger partial charge in [-0.2, -0.15) is 10.1 Å². The van der Waals surface area contributed by atoms with Crippen molar-refractivity contribution in [2.75, 3.05) is 6.54 Å². The van der Waals surface area contributed by atoms with Crippen LogP contribution in [0.15, 0.2) is 57.7 Å². The predicted octanol–water partition coefficient (Wildman–Crippen LogP) is 4.36. The van der Waals surface area contributed by atoms with E-state index in [1.807, 2.05) is 11.0 Å². The van der Waals surface area contributed by atoms with Crippen molar-refractivity contribution in [2.45, 2.75) is 38.6 Å². The first-order valence-electron chi connectivity index (χ1n) is 10.4. The first-order chi connectivity index (χ1) is 15.1. The smallest absolute Gasteiger partial charge is 0.275 e. The summed E-state index contributed by atoms with van der Waals surface area (Å²) in [6, 6.07) is 13.9. The van der Waals surface area contributed by atoms with Crippen LogP contribution in [0, 0.1) is 0 Å². The third-order valence-electron chi connectivity index (χ3n) is 5.62. The van der Waals surface area contributed by atoms with Crippen LogP contribution in [0.2, 0.25) is 0 Å². The summed E-state index contributed by atoms with van der Waals surface area (Å²) in [6.45, 7) is 5.50. The Balaban J connectivity index is 1.27. The summed E-state index contributed by atoms with van der Waals surface area (Å²) in [5, 5.41) is 11.2. The molecule has 8 heteroatoms. The average Bonchev–Trinajstić information content (AvgIpc) is 3.55. The Morgan fingerprint density at radius 2 is 2.06 bits per heavy atom. The van der Waals surface area contributed by atoms with E-state index in [4.69, 9.17) is 8.94 Å². The molecule has 0 saturated carbocycles. The normalized spacial score (nSPS) is 16.5. The Bertz CT molecular complexity index is 1170. The molecule has 31 heavy (non-hydrogen) atoms. The number of hydrogen-bond donors (Lipinski definition) is 1. The highest BCUT2D eigenvalue weighted by atomic mass is 16.5. The van der Waals surface area contributed by atoms with Crippen molar-refractivity contribution < 1.29 is 13.7 Å². The molecule has 1 aromatic carbocycles. The van der Waals surface area contributed by atoms with Crippen molar-refractivity contribution in [1.29, 1.82) is 0 Å². The van der Waals surface area contributed by atoms with Gasteiger partial charge in [0.15, 0.2) is 11.6 Å². The number of furan rings is 1. The zero-order valence-corrected chi connectivity index (χ0v) is 17.4. The fraction of sp³-hybridized carbons (Fsp3) is 0.304. The van der Waals surface area contributed by atoms with Gasteiger partial charge in [0.25, 0.3) is 5.89 Å². The number of amides is 1. The molecule has 0 spiro atoms. The van der Waals surface area contributed by atoms with Gasteiger partial charge >= 0.3 is 0 Å².